The number of benzene rings is 8. The Morgan fingerprint density at radius 1 is 0.233 bits per heavy atom. The number of hydrogen-bond donors (Lipinski definition) is 0. The van der Waals surface area contributed by atoms with Crippen LogP contribution in [0.3, 0.4) is 0 Å². The first-order valence-corrected chi connectivity index (χ1v) is 29.4. The van der Waals surface area contributed by atoms with Gasteiger partial charge in [0.15, 0.2) is 24.8 Å². The Morgan fingerprint density at radius 3 is 1.05 bits per heavy atom. The molecule has 86 heavy (non-hydrogen) atoms. The van der Waals surface area contributed by atoms with Crippen molar-refractivity contribution in [2.24, 2.45) is 28.2 Å². The molecule has 0 aliphatic heterocycles. The molecule has 12 aromatic rings. The van der Waals surface area contributed by atoms with Crippen LogP contribution in [0.5, 0.6) is 0 Å². The molecule has 0 N–H and O–H groups in total. The van der Waals surface area contributed by atoms with Gasteiger partial charge in [-0.05, 0) is 195 Å². The molecule has 4 aromatic heterocycles. The Kier molecular flexibility index (Phi) is 17.2. The molecule has 428 valence electrons. The fourth-order valence-corrected chi connectivity index (χ4v) is 11.2. The normalized spacial score (nSPS) is 12.0. The lowest BCUT2D eigenvalue weighted by Crippen LogP contribution is -2.31. The van der Waals surface area contributed by atoms with Gasteiger partial charge in [0, 0.05) is 77.5 Å². The van der Waals surface area contributed by atoms with Gasteiger partial charge >= 0.3 is 0 Å². The monoisotopic (exact) mass is 1130 g/mol. The van der Waals surface area contributed by atoms with E-state index in [2.05, 4.69) is 272 Å². The van der Waals surface area contributed by atoms with Crippen LogP contribution in [0.4, 0.5) is 0 Å². The second-order valence-electron chi connectivity index (χ2n) is 22.7. The molecule has 0 aliphatic rings. The molecule has 12 rings (SSSR count). The van der Waals surface area contributed by atoms with E-state index in [0.717, 1.165) is 28.1 Å². The summed E-state index contributed by atoms with van der Waals surface area (Å²) < 4.78 is 54.0. The molecule has 0 amide bonds. The summed E-state index contributed by atoms with van der Waals surface area (Å²) in [6.45, 7) is 12.6. The zero-order valence-corrected chi connectivity index (χ0v) is 52.0. The molecule has 4 heteroatoms. The van der Waals surface area contributed by atoms with Gasteiger partial charge in [-0.15, -0.1) is 0 Å². The fraction of sp³-hybridized carbons (Fsp3) is 0.171. The molecule has 8 aromatic carbocycles. The Hall–Kier alpha value is -9.64. The standard InChI is InChI=1S/C22H24N.C21H22N.C20H20N.C19H18N/c1-15-13-22(23(5)14-18(15)4)21-12-16(2)20(11-17(21)3)19-9-7-6-8-10-19;1-15-10-11-21(22(4)14-15)20-13-16(2)19(12-17(20)3)18-8-6-5-7-9-18;1-15-9-12-20(21(3)14-15)19-13-18(11-10-16(19)2)17-7-5-4-6-8-17;1-15-11-12-17(16-8-4-3-5-9-16)14-18(15)19-10-6-7-13-20(19)2/h6-14H,1-5H3;5-14H,1-4H3;4-14H,1-3H3;3-14H,1-2H3/q4*+1/i4D3;1D3;;. The van der Waals surface area contributed by atoms with Gasteiger partial charge in [-0.25, -0.2) is 18.3 Å². The fourth-order valence-electron chi connectivity index (χ4n) is 11.2. The molecule has 0 radical (unpaired) electrons. The Labute approximate surface area is 521 Å². The van der Waals surface area contributed by atoms with Crippen LogP contribution in [0, 0.1) is 69.1 Å². The van der Waals surface area contributed by atoms with Gasteiger partial charge in [0.1, 0.15) is 28.2 Å². The maximum absolute atomic E-state index is 7.71. The minimum Gasteiger partial charge on any atom is -0.201 e. The first kappa shape index (κ1) is 53.1. The van der Waals surface area contributed by atoms with Crippen molar-refractivity contribution < 1.29 is 26.5 Å². The van der Waals surface area contributed by atoms with Crippen LogP contribution in [0.25, 0.3) is 89.5 Å². The van der Waals surface area contributed by atoms with Crippen molar-refractivity contribution in [2.75, 3.05) is 0 Å². The number of aromatic nitrogens is 4. The summed E-state index contributed by atoms with van der Waals surface area (Å²) in [6.07, 6.45) is 7.69. The van der Waals surface area contributed by atoms with Crippen molar-refractivity contribution in [1.29, 1.82) is 0 Å². The highest BCUT2D eigenvalue weighted by Gasteiger charge is 2.19. The molecular weight excluding hydrogens is 1040 g/mol. The van der Waals surface area contributed by atoms with Crippen molar-refractivity contribution in [2.45, 2.75) is 69.1 Å². The summed E-state index contributed by atoms with van der Waals surface area (Å²) >= 11 is 0. The third-order valence-corrected chi connectivity index (χ3v) is 16.1. The van der Waals surface area contributed by atoms with E-state index in [9.17, 15) is 0 Å². The molecule has 4 nitrogen and oxygen atoms in total. The van der Waals surface area contributed by atoms with Crippen molar-refractivity contribution in [3.05, 3.63) is 311 Å². The van der Waals surface area contributed by atoms with Crippen LogP contribution < -0.4 is 18.3 Å². The summed E-state index contributed by atoms with van der Waals surface area (Å²) in [4.78, 5) is 0. The summed E-state index contributed by atoms with van der Waals surface area (Å²) in [5.74, 6) is 0. The van der Waals surface area contributed by atoms with E-state index in [4.69, 9.17) is 8.22 Å². The van der Waals surface area contributed by atoms with Gasteiger partial charge < -0.3 is 0 Å². The first-order chi connectivity index (χ1) is 43.9. The van der Waals surface area contributed by atoms with Crippen LogP contribution >= 0.6 is 0 Å². The van der Waals surface area contributed by atoms with E-state index in [0.29, 0.717) is 11.1 Å². The molecule has 0 bridgehead atoms. The van der Waals surface area contributed by atoms with Gasteiger partial charge in [-0.2, -0.15) is 0 Å². The zero-order chi connectivity index (χ0) is 66.0. The number of nitrogens with zero attached hydrogens (tertiary/aromatic N) is 4. The van der Waals surface area contributed by atoms with Crippen molar-refractivity contribution in [3.8, 4) is 89.5 Å². The molecule has 0 aliphatic carbocycles. The van der Waals surface area contributed by atoms with Gasteiger partial charge in [0.05, 0.1) is 0 Å². The van der Waals surface area contributed by atoms with E-state index in [1.54, 1.807) is 18.5 Å². The van der Waals surface area contributed by atoms with E-state index in [1.807, 2.05) is 66.6 Å². The van der Waals surface area contributed by atoms with Crippen LogP contribution in [0.1, 0.15) is 63.9 Å². The molecular formula is C82H84N4+4. The van der Waals surface area contributed by atoms with Crippen LogP contribution in [0.15, 0.2) is 255 Å². The van der Waals surface area contributed by atoms with E-state index in [-0.39, 0.29) is 0 Å². The SMILES string of the molecule is Cc1ccc(-c2cc(-c3ccccc3)ccc2C)[n+](C)c1.Cc1ccc(-c2ccccc2)cc1-c1cccc[n+]1C.[2H]C([2H])([2H])c1c[n+](C)c(-c2cc(C)c(-c3ccccc3)cc2C)cc1C.[2H]C([2H])([2H])c1ccc(-c2cc(C)c(-c3ccccc3)cc2C)[n+](C)c1. The average Bonchev–Trinajstić information content (AvgIpc) is 0.843. The lowest BCUT2D eigenvalue weighted by atomic mass is 9.93. The van der Waals surface area contributed by atoms with Crippen molar-refractivity contribution in [3.63, 3.8) is 0 Å². The van der Waals surface area contributed by atoms with E-state index in [1.165, 1.54) is 106 Å². The summed E-state index contributed by atoms with van der Waals surface area (Å²) in [6, 6.07) is 80.2. The number of aryl methyl sites for hydroxylation is 14. The smallest absolute Gasteiger partial charge is 0.201 e. The Morgan fingerprint density at radius 2 is 0.605 bits per heavy atom. The highest BCUT2D eigenvalue weighted by Crippen LogP contribution is 2.34. The van der Waals surface area contributed by atoms with E-state index >= 15 is 0 Å². The lowest BCUT2D eigenvalue weighted by Gasteiger charge is -2.12. The van der Waals surface area contributed by atoms with Gasteiger partial charge in [-0.3, -0.25) is 0 Å². The third kappa shape index (κ3) is 14.6. The molecule has 0 saturated heterocycles. The Bertz CT molecular complexity index is 4540. The Balaban J connectivity index is 0.000000146. The molecule has 0 spiro atoms. The second-order valence-corrected chi connectivity index (χ2v) is 22.7. The quantitative estimate of drug-likeness (QED) is 0.135. The molecule has 0 unspecified atom stereocenters. The molecule has 0 fully saturated rings. The van der Waals surface area contributed by atoms with Crippen LogP contribution in [-0.4, -0.2) is 0 Å². The maximum Gasteiger partial charge on any atom is 0.212 e. The predicted octanol–water partition coefficient (Wildman–Crippen LogP) is 18.5. The largest absolute Gasteiger partial charge is 0.212 e. The molecule has 0 atom stereocenters. The summed E-state index contributed by atoms with van der Waals surface area (Å²) in [5.41, 5.74) is 29.4. The zero-order valence-electron chi connectivity index (χ0n) is 58.0. The van der Waals surface area contributed by atoms with Gasteiger partial charge in [-0.1, -0.05) is 158 Å². The van der Waals surface area contributed by atoms with Gasteiger partial charge in [0.25, 0.3) is 0 Å². The minimum absolute atomic E-state index is 0.356. The van der Waals surface area contributed by atoms with Crippen molar-refractivity contribution >= 4 is 0 Å². The first-order valence-electron chi connectivity index (χ1n) is 32.4. The van der Waals surface area contributed by atoms with Crippen LogP contribution in [0.2, 0.25) is 0 Å². The van der Waals surface area contributed by atoms with E-state index < -0.39 is 13.7 Å². The topological polar surface area (TPSA) is 15.5 Å². The van der Waals surface area contributed by atoms with Gasteiger partial charge in [0.2, 0.25) is 22.8 Å². The van der Waals surface area contributed by atoms with Crippen LogP contribution in [-0.2, 0) is 28.2 Å². The minimum atomic E-state index is -2.09. The summed E-state index contributed by atoms with van der Waals surface area (Å²) in [5, 5.41) is 0. The average molecular weight is 1130 g/mol. The third-order valence-electron chi connectivity index (χ3n) is 16.1. The summed E-state index contributed by atoms with van der Waals surface area (Å²) in [7, 11) is 8.00. The predicted molar refractivity (Wildman–Crippen MR) is 361 cm³/mol. The lowest BCUT2D eigenvalue weighted by molar-refractivity contribution is -0.660. The number of rotatable bonds is 8. The number of pyridine rings is 4. The maximum atomic E-state index is 7.71. The number of hydrogen-bond acceptors (Lipinski definition) is 0. The van der Waals surface area contributed by atoms with Crippen molar-refractivity contribution in [1.82, 2.24) is 0 Å². The highest BCUT2D eigenvalue weighted by atomic mass is 14.9. The molecule has 0 saturated carbocycles. The highest BCUT2D eigenvalue weighted by molar-refractivity contribution is 5.77. The molecule has 4 heterocycles. The second kappa shape index (κ2) is 27.8.